The van der Waals surface area contributed by atoms with E-state index in [1.165, 1.54) is 6.07 Å². The Hall–Kier alpha value is -4.25. The first-order valence-corrected chi connectivity index (χ1v) is 12.0. The number of aryl methyl sites for hydroxylation is 1. The Bertz CT molecular complexity index is 1460. The van der Waals surface area contributed by atoms with Crippen molar-refractivity contribution < 1.29 is 4.39 Å². The highest BCUT2D eigenvalue weighted by Crippen LogP contribution is 2.31. The van der Waals surface area contributed by atoms with Crippen molar-refractivity contribution in [3.05, 3.63) is 120 Å². The zero-order chi connectivity index (χ0) is 26.2. The lowest BCUT2D eigenvalue weighted by atomic mass is 10.0. The van der Waals surface area contributed by atoms with Gasteiger partial charge in [-0.05, 0) is 54.8 Å². The second-order valence-corrected chi connectivity index (χ2v) is 8.16. The second-order valence-electron chi connectivity index (χ2n) is 8.16. The summed E-state index contributed by atoms with van der Waals surface area (Å²) in [5.41, 5.74) is 8.18. The molecule has 4 nitrogen and oxygen atoms in total. The minimum Gasteiger partial charge on any atom is -0.388 e. The van der Waals surface area contributed by atoms with Gasteiger partial charge in [0.25, 0.3) is 0 Å². The van der Waals surface area contributed by atoms with Crippen LogP contribution >= 0.6 is 0 Å². The van der Waals surface area contributed by atoms with Crippen LogP contribution in [0.1, 0.15) is 37.7 Å². The van der Waals surface area contributed by atoms with E-state index in [0.717, 1.165) is 33.5 Å². The summed E-state index contributed by atoms with van der Waals surface area (Å²) in [7, 11) is 1.84. The van der Waals surface area contributed by atoms with Crippen LogP contribution in [-0.2, 0) is 0 Å². The number of aromatic nitrogens is 3. The molecule has 0 amide bonds. The Balaban J connectivity index is 0.00000176. The molecule has 4 aromatic rings. The largest absolute Gasteiger partial charge is 0.388 e. The molecule has 0 aliphatic rings. The molecule has 0 atom stereocenters. The van der Waals surface area contributed by atoms with Crippen molar-refractivity contribution in [3.8, 4) is 11.1 Å². The molecule has 2 N–H and O–H groups in total. The number of halogens is 1. The number of aromatic amines is 1. The molecule has 0 unspecified atom stereocenters. The molecule has 2 aromatic carbocycles. The summed E-state index contributed by atoms with van der Waals surface area (Å²) in [6.45, 7) is 16.5. The molecule has 184 valence electrons. The second kappa shape index (κ2) is 11.9. The van der Waals surface area contributed by atoms with E-state index in [0.29, 0.717) is 28.1 Å². The number of hydrogen-bond donors (Lipinski definition) is 2. The molecule has 4 rings (SSSR count). The van der Waals surface area contributed by atoms with Gasteiger partial charge in [0, 0.05) is 47.4 Å². The van der Waals surface area contributed by atoms with E-state index in [1.54, 1.807) is 12.1 Å². The van der Waals surface area contributed by atoms with Crippen molar-refractivity contribution in [2.75, 3.05) is 7.05 Å². The number of allylic oxidation sites excluding steroid dienone is 4. The fraction of sp³-hybridized carbons (Fsp3) is 0.161. The molecule has 0 spiro atoms. The Morgan fingerprint density at radius 2 is 1.72 bits per heavy atom. The average Bonchev–Trinajstić information content (AvgIpc) is 3.34. The van der Waals surface area contributed by atoms with Crippen molar-refractivity contribution in [2.24, 2.45) is 0 Å². The normalized spacial score (nSPS) is 11.6. The molecule has 0 radical (unpaired) electrons. The number of para-hydroxylation sites is 1. The fourth-order valence-electron chi connectivity index (χ4n) is 3.79. The van der Waals surface area contributed by atoms with Gasteiger partial charge in [-0.2, -0.15) is 0 Å². The number of fused-ring (bicyclic) bond motifs is 1. The van der Waals surface area contributed by atoms with Crippen molar-refractivity contribution in [2.45, 2.75) is 27.7 Å². The zero-order valence-corrected chi connectivity index (χ0v) is 21.6. The molecule has 5 heteroatoms. The van der Waals surface area contributed by atoms with E-state index >= 15 is 0 Å². The molecular weight excluding hydrogens is 447 g/mol. The van der Waals surface area contributed by atoms with E-state index in [2.05, 4.69) is 34.5 Å². The quantitative estimate of drug-likeness (QED) is 0.265. The predicted octanol–water partition coefficient (Wildman–Crippen LogP) is 7.87. The number of pyridine rings is 1. The maximum absolute atomic E-state index is 14.4. The van der Waals surface area contributed by atoms with Crippen molar-refractivity contribution >= 4 is 22.2 Å². The number of hydrogen-bond acceptors (Lipinski definition) is 3. The van der Waals surface area contributed by atoms with Crippen molar-refractivity contribution in [1.82, 2.24) is 20.3 Å². The summed E-state index contributed by atoms with van der Waals surface area (Å²) in [6.07, 6.45) is 7.68. The first kappa shape index (κ1) is 26.4. The van der Waals surface area contributed by atoms with Gasteiger partial charge in [0.2, 0.25) is 0 Å². The first-order chi connectivity index (χ1) is 17.4. The topological polar surface area (TPSA) is 53.6 Å². The van der Waals surface area contributed by atoms with Crippen LogP contribution in [0.5, 0.6) is 0 Å². The summed E-state index contributed by atoms with van der Waals surface area (Å²) in [4.78, 5) is 12.3. The van der Waals surface area contributed by atoms with Crippen LogP contribution in [-0.4, -0.2) is 22.0 Å². The maximum Gasteiger partial charge on any atom is 0.138 e. The van der Waals surface area contributed by atoms with Crippen LogP contribution in [0.3, 0.4) is 0 Å². The highest BCUT2D eigenvalue weighted by molar-refractivity contribution is 5.94. The predicted molar refractivity (Wildman–Crippen MR) is 151 cm³/mol. The fourth-order valence-corrected chi connectivity index (χ4v) is 3.79. The van der Waals surface area contributed by atoms with Crippen LogP contribution in [0.15, 0.2) is 97.5 Å². The van der Waals surface area contributed by atoms with Gasteiger partial charge in [-0.15, -0.1) is 0 Å². The Morgan fingerprint density at radius 1 is 1.00 bits per heavy atom. The van der Waals surface area contributed by atoms with E-state index in [9.17, 15) is 4.39 Å². The van der Waals surface area contributed by atoms with Crippen LogP contribution in [0.25, 0.3) is 33.3 Å². The van der Waals surface area contributed by atoms with Gasteiger partial charge >= 0.3 is 0 Å². The maximum atomic E-state index is 14.4. The Labute approximate surface area is 213 Å². The van der Waals surface area contributed by atoms with Crippen LogP contribution in [0.2, 0.25) is 0 Å². The Morgan fingerprint density at radius 3 is 2.42 bits per heavy atom. The molecule has 2 aromatic heterocycles. The van der Waals surface area contributed by atoms with Crippen LogP contribution in [0.4, 0.5) is 4.39 Å². The number of nitrogens with zero attached hydrogens (tertiary/aromatic N) is 2. The highest BCUT2D eigenvalue weighted by Gasteiger charge is 2.15. The molecule has 0 saturated heterocycles. The number of benzene rings is 2. The molecule has 0 aliphatic heterocycles. The number of nitrogens with one attached hydrogen (secondary N) is 2. The minimum atomic E-state index is -0.283. The lowest BCUT2D eigenvalue weighted by Gasteiger charge is -2.11. The number of H-pyrrole nitrogens is 1. The van der Waals surface area contributed by atoms with Gasteiger partial charge in [-0.1, -0.05) is 63.4 Å². The van der Waals surface area contributed by atoms with E-state index < -0.39 is 0 Å². The third-order valence-electron chi connectivity index (χ3n) is 5.75. The van der Waals surface area contributed by atoms with E-state index in [4.69, 9.17) is 4.98 Å². The SMILES string of the molecule is C=C(C(=C)c1nc2c(-c3ccccc3F)cccc2[nH]1)/C(=C\C=C(/C)c1cncc(C)c1)NC.CC. The first-order valence-electron chi connectivity index (χ1n) is 12.0. The van der Waals surface area contributed by atoms with Crippen molar-refractivity contribution in [3.63, 3.8) is 0 Å². The highest BCUT2D eigenvalue weighted by atomic mass is 19.1. The molecule has 0 fully saturated rings. The average molecular weight is 481 g/mol. The van der Waals surface area contributed by atoms with Crippen LogP contribution < -0.4 is 5.32 Å². The standard InChI is InChI=1S/C29H27FN4.C2H6/c1-18-15-22(17-32-16-18)19(2)13-14-26(31-5)20(3)21(4)29-33-27-12-8-10-24(28(27)34-29)23-9-6-7-11-25(23)30;1-2/h6-17,31H,3-4H2,1-2,5H3,(H,33,34);1-2H3/b19-13+,26-14+;. The molecule has 2 heterocycles. The van der Waals surface area contributed by atoms with Gasteiger partial charge in [0.1, 0.15) is 11.6 Å². The number of imidazole rings is 1. The summed E-state index contributed by atoms with van der Waals surface area (Å²) >= 11 is 0. The summed E-state index contributed by atoms with van der Waals surface area (Å²) in [5, 5.41) is 3.20. The number of rotatable bonds is 7. The third kappa shape index (κ3) is 5.69. The van der Waals surface area contributed by atoms with Gasteiger partial charge in [-0.3, -0.25) is 4.98 Å². The molecule has 0 bridgehead atoms. The molecular formula is C31H33FN4. The van der Waals surface area contributed by atoms with E-state index in [-0.39, 0.29) is 5.82 Å². The minimum absolute atomic E-state index is 0.283. The third-order valence-corrected chi connectivity index (χ3v) is 5.75. The summed E-state index contributed by atoms with van der Waals surface area (Å²) in [5.74, 6) is 0.308. The lowest BCUT2D eigenvalue weighted by molar-refractivity contribution is 0.631. The van der Waals surface area contributed by atoms with Gasteiger partial charge in [-0.25, -0.2) is 9.37 Å². The molecule has 0 aliphatic carbocycles. The molecule has 0 saturated carbocycles. The van der Waals surface area contributed by atoms with Gasteiger partial charge in [0.15, 0.2) is 0 Å². The lowest BCUT2D eigenvalue weighted by Crippen LogP contribution is -2.09. The zero-order valence-electron chi connectivity index (χ0n) is 21.6. The number of likely N-dealkylation sites (N-methyl/N-ethyl adjacent to an activating group) is 1. The van der Waals surface area contributed by atoms with Gasteiger partial charge < -0.3 is 10.3 Å². The van der Waals surface area contributed by atoms with Gasteiger partial charge in [0.05, 0.1) is 11.0 Å². The van der Waals surface area contributed by atoms with Crippen LogP contribution in [0, 0.1) is 12.7 Å². The smallest absolute Gasteiger partial charge is 0.138 e. The summed E-state index contributed by atoms with van der Waals surface area (Å²) in [6, 6.07) is 14.5. The summed E-state index contributed by atoms with van der Waals surface area (Å²) < 4.78 is 14.4. The van der Waals surface area contributed by atoms with E-state index in [1.807, 2.05) is 83.6 Å². The monoisotopic (exact) mass is 480 g/mol. The van der Waals surface area contributed by atoms with Crippen molar-refractivity contribution in [1.29, 1.82) is 0 Å². The Kier molecular flexibility index (Phi) is 8.74. The molecule has 36 heavy (non-hydrogen) atoms.